The molecule has 0 spiro atoms. The SMILES string of the molecule is C.O=C1C=CC(=O)N1.O=C1NC(=O)C2C3C=CC(O3)C12.c1ccoc1. The molecule has 25 heavy (non-hydrogen) atoms. The van der Waals surface area contributed by atoms with Crippen molar-refractivity contribution in [3.8, 4) is 0 Å². The molecular weight excluding hydrogens is 328 g/mol. The Morgan fingerprint density at radius 2 is 1.24 bits per heavy atom. The number of carbonyl (C=O) groups excluding carboxylic acids is 4. The van der Waals surface area contributed by atoms with Crippen molar-refractivity contribution in [3.63, 3.8) is 0 Å². The average Bonchev–Trinajstić information content (AvgIpc) is 3.33. The van der Waals surface area contributed by atoms with Crippen molar-refractivity contribution in [2.45, 2.75) is 19.6 Å². The molecule has 5 heterocycles. The minimum Gasteiger partial charge on any atom is -0.473 e. The lowest BCUT2D eigenvalue weighted by Crippen LogP contribution is -2.27. The fourth-order valence-corrected chi connectivity index (χ4v) is 2.80. The fourth-order valence-electron chi connectivity index (χ4n) is 2.80. The topological polar surface area (TPSA) is 115 Å². The van der Waals surface area contributed by atoms with Crippen molar-refractivity contribution < 1.29 is 28.3 Å². The zero-order valence-corrected chi connectivity index (χ0v) is 12.4. The lowest BCUT2D eigenvalue weighted by molar-refractivity contribution is -0.128. The van der Waals surface area contributed by atoms with Gasteiger partial charge in [0.25, 0.3) is 11.8 Å². The third kappa shape index (κ3) is 3.92. The zero-order valence-electron chi connectivity index (χ0n) is 12.4. The first kappa shape index (κ1) is 18.3. The van der Waals surface area contributed by atoms with Crippen LogP contribution in [0.5, 0.6) is 0 Å². The Morgan fingerprint density at radius 1 is 0.760 bits per heavy atom. The lowest BCUT2D eigenvalue weighted by Gasteiger charge is -2.10. The van der Waals surface area contributed by atoms with E-state index in [1.165, 1.54) is 12.2 Å². The summed E-state index contributed by atoms with van der Waals surface area (Å²) in [6.07, 6.45) is 9.05. The number of fused-ring (bicyclic) bond motifs is 5. The van der Waals surface area contributed by atoms with Gasteiger partial charge in [-0.2, -0.15) is 0 Å². The summed E-state index contributed by atoms with van der Waals surface area (Å²) in [6, 6.07) is 3.67. The molecular formula is C17H18N2O6. The quantitative estimate of drug-likeness (QED) is 0.517. The van der Waals surface area contributed by atoms with Crippen LogP contribution in [0.2, 0.25) is 0 Å². The highest BCUT2D eigenvalue weighted by Crippen LogP contribution is 2.41. The first-order chi connectivity index (χ1) is 11.6. The molecule has 4 aliphatic rings. The van der Waals surface area contributed by atoms with Crippen molar-refractivity contribution >= 4 is 23.6 Å². The smallest absolute Gasteiger partial charge is 0.250 e. The maximum absolute atomic E-state index is 11.2. The lowest BCUT2D eigenvalue weighted by atomic mass is 9.85. The largest absolute Gasteiger partial charge is 0.473 e. The third-order valence-electron chi connectivity index (χ3n) is 3.81. The van der Waals surface area contributed by atoms with E-state index in [1.54, 1.807) is 12.5 Å². The number of amides is 4. The number of ether oxygens (including phenoxy) is 1. The van der Waals surface area contributed by atoms with Crippen molar-refractivity contribution in [3.05, 3.63) is 49.0 Å². The van der Waals surface area contributed by atoms with Gasteiger partial charge in [-0.1, -0.05) is 19.6 Å². The van der Waals surface area contributed by atoms with Crippen molar-refractivity contribution in [1.29, 1.82) is 0 Å². The second-order valence-corrected chi connectivity index (χ2v) is 5.34. The summed E-state index contributed by atoms with van der Waals surface area (Å²) in [4.78, 5) is 42.5. The summed E-state index contributed by atoms with van der Waals surface area (Å²) in [5.41, 5.74) is 0. The Kier molecular flexibility index (Phi) is 5.66. The zero-order chi connectivity index (χ0) is 17.1. The first-order valence-corrected chi connectivity index (χ1v) is 7.25. The fraction of sp³-hybridized carbons (Fsp3) is 0.294. The van der Waals surface area contributed by atoms with Crippen molar-refractivity contribution in [2.24, 2.45) is 11.8 Å². The normalized spacial score (nSPS) is 29.8. The molecule has 0 aromatic carbocycles. The van der Waals surface area contributed by atoms with E-state index in [-0.39, 0.29) is 55.1 Å². The molecule has 5 rings (SSSR count). The summed E-state index contributed by atoms with van der Waals surface area (Å²) in [7, 11) is 0. The molecule has 8 nitrogen and oxygen atoms in total. The van der Waals surface area contributed by atoms with Gasteiger partial charge in [0.2, 0.25) is 11.8 Å². The molecule has 1 aromatic heterocycles. The van der Waals surface area contributed by atoms with Crippen LogP contribution in [0.25, 0.3) is 0 Å². The van der Waals surface area contributed by atoms with Crippen LogP contribution in [0.15, 0.2) is 53.4 Å². The number of hydrogen-bond acceptors (Lipinski definition) is 6. The summed E-state index contributed by atoms with van der Waals surface area (Å²) < 4.78 is 9.97. The van der Waals surface area contributed by atoms with E-state index < -0.39 is 0 Å². The van der Waals surface area contributed by atoms with Gasteiger partial charge in [0.05, 0.1) is 36.6 Å². The number of carbonyl (C=O) groups is 4. The Labute approximate surface area is 143 Å². The van der Waals surface area contributed by atoms with Crippen LogP contribution < -0.4 is 10.6 Å². The second-order valence-electron chi connectivity index (χ2n) is 5.34. The predicted octanol–water partition coefficient (Wildman–Crippen LogP) is 0.327. The maximum atomic E-state index is 11.2. The molecule has 4 unspecified atom stereocenters. The van der Waals surface area contributed by atoms with Gasteiger partial charge in [-0.05, 0) is 12.1 Å². The summed E-state index contributed by atoms with van der Waals surface area (Å²) >= 11 is 0. The Hall–Kier alpha value is -3.00. The van der Waals surface area contributed by atoms with E-state index in [0.29, 0.717) is 0 Å². The van der Waals surface area contributed by atoms with Gasteiger partial charge in [-0.3, -0.25) is 29.8 Å². The van der Waals surface area contributed by atoms with Crippen LogP contribution in [0.3, 0.4) is 0 Å². The van der Waals surface area contributed by atoms with Crippen LogP contribution in [0, 0.1) is 11.8 Å². The predicted molar refractivity (Wildman–Crippen MR) is 85.7 cm³/mol. The molecule has 2 bridgehead atoms. The van der Waals surface area contributed by atoms with Crippen molar-refractivity contribution in [1.82, 2.24) is 10.6 Å². The Balaban J connectivity index is 0.000000149. The number of rotatable bonds is 0. The summed E-state index contributed by atoms with van der Waals surface area (Å²) in [6.45, 7) is 0. The molecule has 4 atom stereocenters. The van der Waals surface area contributed by atoms with E-state index in [4.69, 9.17) is 4.74 Å². The molecule has 2 saturated heterocycles. The highest BCUT2D eigenvalue weighted by Gasteiger charge is 2.57. The van der Waals surface area contributed by atoms with Crippen LogP contribution in [0.4, 0.5) is 0 Å². The van der Waals surface area contributed by atoms with Gasteiger partial charge >= 0.3 is 0 Å². The van der Waals surface area contributed by atoms with E-state index in [9.17, 15) is 19.2 Å². The molecule has 1 aromatic rings. The van der Waals surface area contributed by atoms with Crippen LogP contribution in [-0.2, 0) is 23.9 Å². The Bertz CT molecular complexity index is 660. The number of hydrogen-bond donors (Lipinski definition) is 2. The van der Waals surface area contributed by atoms with Gasteiger partial charge in [0, 0.05) is 12.2 Å². The first-order valence-electron chi connectivity index (χ1n) is 7.25. The Morgan fingerprint density at radius 3 is 1.56 bits per heavy atom. The van der Waals surface area contributed by atoms with Gasteiger partial charge < -0.3 is 9.15 Å². The monoisotopic (exact) mass is 346 g/mol. The highest BCUT2D eigenvalue weighted by atomic mass is 16.5. The van der Waals surface area contributed by atoms with Gasteiger partial charge in [-0.25, -0.2) is 0 Å². The second kappa shape index (κ2) is 7.71. The molecule has 8 heteroatoms. The number of nitrogens with one attached hydrogen (secondary N) is 2. The number of furan rings is 1. The molecule has 0 radical (unpaired) electrons. The molecule has 132 valence electrons. The highest BCUT2D eigenvalue weighted by molar-refractivity contribution is 6.12. The third-order valence-corrected chi connectivity index (χ3v) is 3.81. The molecule has 2 N–H and O–H groups in total. The van der Waals surface area contributed by atoms with E-state index in [1.807, 2.05) is 29.6 Å². The average molecular weight is 346 g/mol. The van der Waals surface area contributed by atoms with Crippen LogP contribution >= 0.6 is 0 Å². The van der Waals surface area contributed by atoms with Crippen molar-refractivity contribution in [2.75, 3.05) is 0 Å². The minimum atomic E-state index is -0.329. The van der Waals surface area contributed by atoms with Gasteiger partial charge in [0.1, 0.15) is 0 Å². The van der Waals surface area contributed by atoms with E-state index in [2.05, 4.69) is 9.73 Å². The maximum Gasteiger partial charge on any atom is 0.250 e. The van der Waals surface area contributed by atoms with Gasteiger partial charge in [0.15, 0.2) is 0 Å². The molecule has 2 fully saturated rings. The standard InChI is InChI=1S/C8H7NO3.C4H3NO2.C4H4O.CH4/c10-7-5-3-1-2-4(12-3)6(5)8(11)9-7;6-3-1-2-4(7)5-3;1-2-4-5-3-1;/h1-6H,(H,9,10,11);1-2H,(H,5,6,7);1-4H;1H4. The molecule has 0 saturated carbocycles. The van der Waals surface area contributed by atoms with Gasteiger partial charge in [-0.15, -0.1) is 0 Å². The van der Waals surface area contributed by atoms with Crippen LogP contribution in [-0.4, -0.2) is 35.8 Å². The molecule has 4 aliphatic heterocycles. The summed E-state index contributed by atoms with van der Waals surface area (Å²) in [5.74, 6) is -1.53. The minimum absolute atomic E-state index is 0. The number of imide groups is 2. The molecule has 0 aliphatic carbocycles. The van der Waals surface area contributed by atoms with E-state index >= 15 is 0 Å². The van der Waals surface area contributed by atoms with Crippen LogP contribution in [0.1, 0.15) is 7.43 Å². The van der Waals surface area contributed by atoms with E-state index in [0.717, 1.165) is 0 Å². The summed E-state index contributed by atoms with van der Waals surface area (Å²) in [5, 5.41) is 4.35. The molecule has 4 amide bonds.